The van der Waals surface area contributed by atoms with Crippen molar-refractivity contribution in [2.45, 2.75) is 6.54 Å². The van der Waals surface area contributed by atoms with Crippen molar-refractivity contribution in [3.8, 4) is 0 Å². The van der Waals surface area contributed by atoms with Gasteiger partial charge in [0, 0.05) is 11.9 Å². The number of nitrogens with zero attached hydrogens (tertiary/aromatic N) is 1. The van der Waals surface area contributed by atoms with Gasteiger partial charge in [-0.25, -0.2) is 0 Å². The van der Waals surface area contributed by atoms with Crippen LogP contribution >= 0.6 is 11.3 Å². The lowest BCUT2D eigenvalue weighted by Gasteiger charge is -2.01. The van der Waals surface area contributed by atoms with Crippen molar-refractivity contribution >= 4 is 32.5 Å². The average molecular weight is 241 g/mol. The van der Waals surface area contributed by atoms with Crippen LogP contribution in [0.4, 0.5) is 0 Å². The number of allylic oxidation sites excluding steroid dienone is 1. The number of para-hydroxylation sites is 1. The van der Waals surface area contributed by atoms with Crippen molar-refractivity contribution in [3.63, 3.8) is 0 Å². The fourth-order valence-corrected chi connectivity index (χ4v) is 3.15. The molecule has 2 aromatic heterocycles. The molecular formula is C14H11NOS. The van der Waals surface area contributed by atoms with Gasteiger partial charge in [0.15, 0.2) is 0 Å². The highest BCUT2D eigenvalue weighted by molar-refractivity contribution is 7.17. The van der Waals surface area contributed by atoms with E-state index in [0.717, 1.165) is 21.1 Å². The molecule has 0 saturated carbocycles. The van der Waals surface area contributed by atoms with Crippen molar-refractivity contribution in [1.29, 1.82) is 0 Å². The van der Waals surface area contributed by atoms with Gasteiger partial charge in [-0.15, -0.1) is 17.9 Å². The number of rotatable bonds is 2. The van der Waals surface area contributed by atoms with Crippen LogP contribution in [0.3, 0.4) is 0 Å². The van der Waals surface area contributed by atoms with E-state index in [1.807, 2.05) is 34.2 Å². The third-order valence-electron chi connectivity index (χ3n) is 2.87. The molecule has 1 aromatic carbocycles. The Morgan fingerprint density at radius 1 is 1.29 bits per heavy atom. The lowest BCUT2D eigenvalue weighted by atomic mass is 10.2. The molecule has 2 nitrogen and oxygen atoms in total. The molecule has 17 heavy (non-hydrogen) atoms. The van der Waals surface area contributed by atoms with Crippen LogP contribution < -0.4 is 5.43 Å². The number of benzene rings is 1. The van der Waals surface area contributed by atoms with Crippen LogP contribution in [0, 0.1) is 0 Å². The molecule has 0 radical (unpaired) electrons. The van der Waals surface area contributed by atoms with Crippen molar-refractivity contribution in [2.75, 3.05) is 0 Å². The third-order valence-corrected chi connectivity index (χ3v) is 3.80. The average Bonchev–Trinajstić information content (AvgIpc) is 2.67. The van der Waals surface area contributed by atoms with Crippen LogP contribution in [0.5, 0.6) is 0 Å². The molecule has 0 aliphatic rings. The second-order valence-electron chi connectivity index (χ2n) is 3.88. The number of hydrogen-bond donors (Lipinski definition) is 0. The van der Waals surface area contributed by atoms with Crippen LogP contribution in [-0.4, -0.2) is 4.57 Å². The fourth-order valence-electron chi connectivity index (χ4n) is 2.20. The molecule has 3 aromatic rings. The first-order chi connectivity index (χ1) is 8.33. The Kier molecular flexibility index (Phi) is 2.34. The SMILES string of the molecule is C=CCn1c2ccccc2c2sccc(=O)c21. The molecule has 0 spiro atoms. The van der Waals surface area contributed by atoms with E-state index < -0.39 is 0 Å². The highest BCUT2D eigenvalue weighted by atomic mass is 32.1. The predicted molar refractivity (Wildman–Crippen MR) is 73.8 cm³/mol. The molecule has 0 amide bonds. The highest BCUT2D eigenvalue weighted by Crippen LogP contribution is 2.29. The van der Waals surface area contributed by atoms with Gasteiger partial charge >= 0.3 is 0 Å². The van der Waals surface area contributed by atoms with E-state index in [0.29, 0.717) is 6.54 Å². The Balaban J connectivity index is 2.62. The third kappa shape index (κ3) is 1.43. The fraction of sp³-hybridized carbons (Fsp3) is 0.0714. The summed E-state index contributed by atoms with van der Waals surface area (Å²) >= 11 is 1.61. The summed E-state index contributed by atoms with van der Waals surface area (Å²) in [7, 11) is 0. The van der Waals surface area contributed by atoms with Crippen molar-refractivity contribution < 1.29 is 0 Å². The molecule has 84 valence electrons. The maximum atomic E-state index is 12.0. The van der Waals surface area contributed by atoms with Gasteiger partial charge in [0.25, 0.3) is 0 Å². The van der Waals surface area contributed by atoms with E-state index in [2.05, 4.69) is 12.6 Å². The Labute approximate surface area is 102 Å². The first-order valence-corrected chi connectivity index (χ1v) is 6.30. The Morgan fingerprint density at radius 2 is 2.12 bits per heavy atom. The standard InChI is InChI=1S/C14H11NOS/c1-2-8-15-11-6-4-3-5-10(11)14-13(15)12(16)7-9-17-14/h2-7,9H,1,8H2. The summed E-state index contributed by atoms with van der Waals surface area (Å²) in [5, 5.41) is 3.00. The molecule has 0 aliphatic carbocycles. The number of hydrogen-bond acceptors (Lipinski definition) is 2. The van der Waals surface area contributed by atoms with Gasteiger partial charge in [0.1, 0.15) is 5.52 Å². The summed E-state index contributed by atoms with van der Waals surface area (Å²) in [5.74, 6) is 0. The molecule has 0 atom stereocenters. The molecular weight excluding hydrogens is 230 g/mol. The van der Waals surface area contributed by atoms with E-state index in [9.17, 15) is 4.79 Å². The van der Waals surface area contributed by atoms with Gasteiger partial charge in [-0.3, -0.25) is 4.79 Å². The quantitative estimate of drug-likeness (QED) is 0.630. The van der Waals surface area contributed by atoms with Crippen LogP contribution in [0.15, 0.2) is 53.2 Å². The lowest BCUT2D eigenvalue weighted by Crippen LogP contribution is -2.05. The van der Waals surface area contributed by atoms with Crippen molar-refractivity contribution in [1.82, 2.24) is 4.57 Å². The maximum absolute atomic E-state index is 12.0. The van der Waals surface area contributed by atoms with Crippen molar-refractivity contribution in [2.24, 2.45) is 0 Å². The summed E-state index contributed by atoms with van der Waals surface area (Å²) < 4.78 is 3.10. The lowest BCUT2D eigenvalue weighted by molar-refractivity contribution is 0.898. The van der Waals surface area contributed by atoms with Crippen LogP contribution in [0.1, 0.15) is 0 Å². The summed E-state index contributed by atoms with van der Waals surface area (Å²) in [6, 6.07) is 9.74. The molecule has 2 heterocycles. The topological polar surface area (TPSA) is 22.0 Å². The minimum absolute atomic E-state index is 0.0804. The Hall–Kier alpha value is -1.87. The van der Waals surface area contributed by atoms with Crippen LogP contribution in [0.25, 0.3) is 21.1 Å². The Bertz CT molecular complexity index is 767. The number of fused-ring (bicyclic) bond motifs is 3. The molecule has 0 aliphatic heterocycles. The first-order valence-electron chi connectivity index (χ1n) is 5.42. The second-order valence-corrected chi connectivity index (χ2v) is 4.80. The van der Waals surface area contributed by atoms with E-state index >= 15 is 0 Å². The minimum Gasteiger partial charge on any atom is -0.333 e. The van der Waals surface area contributed by atoms with Gasteiger partial charge in [0.2, 0.25) is 5.43 Å². The maximum Gasteiger partial charge on any atom is 0.204 e. The zero-order chi connectivity index (χ0) is 11.8. The molecule has 0 fully saturated rings. The van der Waals surface area contributed by atoms with Gasteiger partial charge < -0.3 is 4.57 Å². The summed E-state index contributed by atoms with van der Waals surface area (Å²) in [5.41, 5.74) is 1.97. The molecule has 0 bridgehead atoms. The second kappa shape index (κ2) is 3.86. The van der Waals surface area contributed by atoms with E-state index in [1.165, 1.54) is 0 Å². The van der Waals surface area contributed by atoms with Gasteiger partial charge in [-0.05, 0) is 17.5 Å². The van der Waals surface area contributed by atoms with Gasteiger partial charge in [-0.1, -0.05) is 24.3 Å². The monoisotopic (exact) mass is 241 g/mol. The minimum atomic E-state index is 0.0804. The molecule has 3 rings (SSSR count). The summed E-state index contributed by atoms with van der Waals surface area (Å²) in [4.78, 5) is 12.0. The first kappa shape index (κ1) is 10.3. The van der Waals surface area contributed by atoms with Gasteiger partial charge in [0.05, 0.1) is 10.2 Å². The van der Waals surface area contributed by atoms with E-state index in [-0.39, 0.29) is 5.43 Å². The predicted octanol–water partition coefficient (Wildman–Crippen LogP) is 3.40. The summed E-state index contributed by atoms with van der Waals surface area (Å²) in [6.45, 7) is 4.42. The van der Waals surface area contributed by atoms with Crippen LogP contribution in [-0.2, 0) is 6.54 Å². The zero-order valence-corrected chi connectivity index (χ0v) is 10.0. The molecule has 0 N–H and O–H groups in total. The normalized spacial score (nSPS) is 11.1. The molecule has 0 unspecified atom stereocenters. The van der Waals surface area contributed by atoms with E-state index in [1.54, 1.807) is 17.4 Å². The zero-order valence-electron chi connectivity index (χ0n) is 9.22. The molecule has 0 saturated heterocycles. The Morgan fingerprint density at radius 3 is 2.94 bits per heavy atom. The van der Waals surface area contributed by atoms with Gasteiger partial charge in [-0.2, -0.15) is 0 Å². The largest absolute Gasteiger partial charge is 0.333 e. The smallest absolute Gasteiger partial charge is 0.204 e. The molecule has 3 heteroatoms. The highest BCUT2D eigenvalue weighted by Gasteiger charge is 2.11. The van der Waals surface area contributed by atoms with Crippen molar-refractivity contribution in [3.05, 3.63) is 58.6 Å². The number of aromatic nitrogens is 1. The van der Waals surface area contributed by atoms with E-state index in [4.69, 9.17) is 0 Å². The summed E-state index contributed by atoms with van der Waals surface area (Å²) in [6.07, 6.45) is 1.82. The van der Waals surface area contributed by atoms with Crippen LogP contribution in [0.2, 0.25) is 0 Å².